The van der Waals surface area contributed by atoms with Crippen molar-refractivity contribution < 1.29 is 22.3 Å². The number of anilines is 1. The molecule has 0 heterocycles. The third kappa shape index (κ3) is 6.38. The Hall–Kier alpha value is -2.32. The fourth-order valence-corrected chi connectivity index (χ4v) is 3.83. The SMILES string of the molecule is COc1ccc(N(CCCC(=O)NCc2cccc(F)c2)S(C)(=O)=O)cc1Cl. The Balaban J connectivity index is 1.93. The number of methoxy groups -OCH3 is 1. The van der Waals surface area contributed by atoms with E-state index in [-0.39, 0.29) is 31.2 Å². The highest BCUT2D eigenvalue weighted by atomic mass is 35.5. The molecule has 2 aromatic carbocycles. The number of sulfonamides is 1. The van der Waals surface area contributed by atoms with Gasteiger partial charge in [0.2, 0.25) is 15.9 Å². The number of carbonyl (C=O) groups is 1. The summed E-state index contributed by atoms with van der Waals surface area (Å²) in [5, 5.41) is 2.98. The van der Waals surface area contributed by atoms with E-state index >= 15 is 0 Å². The molecular formula is C19H22ClFN2O4S. The van der Waals surface area contributed by atoms with Crippen molar-refractivity contribution >= 4 is 33.2 Å². The molecule has 0 aromatic heterocycles. The smallest absolute Gasteiger partial charge is 0.232 e. The number of benzene rings is 2. The Morgan fingerprint density at radius 3 is 2.61 bits per heavy atom. The number of hydrogen-bond acceptors (Lipinski definition) is 4. The molecule has 0 bridgehead atoms. The minimum absolute atomic E-state index is 0.120. The van der Waals surface area contributed by atoms with Crippen molar-refractivity contribution in [1.29, 1.82) is 0 Å². The Morgan fingerprint density at radius 2 is 2.00 bits per heavy atom. The number of nitrogens with zero attached hydrogens (tertiary/aromatic N) is 1. The summed E-state index contributed by atoms with van der Waals surface area (Å²) in [4.78, 5) is 12.0. The lowest BCUT2D eigenvalue weighted by Crippen LogP contribution is -2.32. The molecule has 9 heteroatoms. The van der Waals surface area contributed by atoms with E-state index < -0.39 is 10.0 Å². The Kier molecular flexibility index (Phi) is 7.65. The number of hydrogen-bond donors (Lipinski definition) is 1. The molecule has 0 atom stereocenters. The van der Waals surface area contributed by atoms with E-state index in [1.807, 2.05) is 0 Å². The zero-order valence-corrected chi connectivity index (χ0v) is 17.2. The van der Waals surface area contributed by atoms with Crippen LogP contribution in [0, 0.1) is 5.82 Å². The molecule has 0 aliphatic rings. The number of rotatable bonds is 9. The van der Waals surface area contributed by atoms with Crippen LogP contribution in [0.3, 0.4) is 0 Å². The van der Waals surface area contributed by atoms with Crippen LogP contribution < -0.4 is 14.4 Å². The topological polar surface area (TPSA) is 75.7 Å². The number of amides is 1. The van der Waals surface area contributed by atoms with Crippen LogP contribution in [0.2, 0.25) is 5.02 Å². The van der Waals surface area contributed by atoms with Crippen LogP contribution in [-0.4, -0.2) is 34.2 Å². The number of ether oxygens (including phenoxy) is 1. The number of nitrogens with one attached hydrogen (secondary N) is 1. The van der Waals surface area contributed by atoms with Crippen molar-refractivity contribution in [2.75, 3.05) is 24.2 Å². The predicted molar refractivity (Wildman–Crippen MR) is 108 cm³/mol. The summed E-state index contributed by atoms with van der Waals surface area (Å²) in [5.74, 6) is -0.172. The van der Waals surface area contributed by atoms with Gasteiger partial charge in [0.05, 0.1) is 24.1 Å². The van der Waals surface area contributed by atoms with Crippen molar-refractivity contribution in [1.82, 2.24) is 5.32 Å². The minimum atomic E-state index is -3.55. The van der Waals surface area contributed by atoms with Crippen LogP contribution in [0.25, 0.3) is 0 Å². The minimum Gasteiger partial charge on any atom is -0.495 e. The summed E-state index contributed by atoms with van der Waals surface area (Å²) >= 11 is 6.08. The molecule has 1 amide bonds. The molecule has 1 N–H and O–H groups in total. The summed E-state index contributed by atoms with van der Waals surface area (Å²) in [7, 11) is -2.08. The molecule has 0 aliphatic carbocycles. The van der Waals surface area contributed by atoms with Crippen LogP contribution in [-0.2, 0) is 21.4 Å². The van der Waals surface area contributed by atoms with Crippen LogP contribution in [0.5, 0.6) is 5.75 Å². The maximum atomic E-state index is 13.1. The molecule has 2 aromatic rings. The summed E-state index contributed by atoms with van der Waals surface area (Å²) in [5.41, 5.74) is 1.05. The average molecular weight is 429 g/mol. The fourth-order valence-electron chi connectivity index (χ4n) is 2.62. The zero-order valence-electron chi connectivity index (χ0n) is 15.6. The third-order valence-corrected chi connectivity index (χ3v) is 5.46. The molecule has 0 saturated heterocycles. The van der Waals surface area contributed by atoms with E-state index in [2.05, 4.69) is 5.32 Å². The van der Waals surface area contributed by atoms with Gasteiger partial charge in [-0.05, 0) is 42.3 Å². The first-order chi connectivity index (χ1) is 13.2. The first-order valence-electron chi connectivity index (χ1n) is 8.53. The average Bonchev–Trinajstić information content (AvgIpc) is 2.62. The number of carbonyl (C=O) groups excluding carboxylic acids is 1. The normalized spacial score (nSPS) is 11.1. The van der Waals surface area contributed by atoms with Crippen molar-refractivity contribution in [2.45, 2.75) is 19.4 Å². The van der Waals surface area contributed by atoms with Crippen molar-refractivity contribution in [3.05, 3.63) is 58.9 Å². The predicted octanol–water partition coefficient (Wildman–Crippen LogP) is 3.35. The third-order valence-electron chi connectivity index (χ3n) is 3.97. The van der Waals surface area contributed by atoms with Crippen LogP contribution >= 0.6 is 11.6 Å². The lowest BCUT2D eigenvalue weighted by Gasteiger charge is -2.23. The summed E-state index contributed by atoms with van der Waals surface area (Å²) in [6, 6.07) is 10.6. The molecule has 28 heavy (non-hydrogen) atoms. The molecular weight excluding hydrogens is 407 g/mol. The standard InChI is InChI=1S/C19H22ClFN2O4S/c1-27-18-9-8-16(12-17(18)20)23(28(2,25)26)10-4-7-19(24)22-13-14-5-3-6-15(21)11-14/h3,5-6,8-9,11-12H,4,7,10,13H2,1-2H3,(H,22,24). The lowest BCUT2D eigenvalue weighted by atomic mass is 10.2. The van der Waals surface area contributed by atoms with Gasteiger partial charge in [0.25, 0.3) is 0 Å². The van der Waals surface area contributed by atoms with Gasteiger partial charge in [0.1, 0.15) is 11.6 Å². The van der Waals surface area contributed by atoms with E-state index in [0.717, 1.165) is 6.26 Å². The van der Waals surface area contributed by atoms with Crippen LogP contribution in [0.4, 0.5) is 10.1 Å². The van der Waals surface area contributed by atoms with Crippen molar-refractivity contribution in [3.63, 3.8) is 0 Å². The molecule has 0 saturated carbocycles. The van der Waals surface area contributed by atoms with Gasteiger partial charge in [-0.15, -0.1) is 0 Å². The van der Waals surface area contributed by atoms with E-state index in [4.69, 9.17) is 16.3 Å². The second kappa shape index (κ2) is 9.75. The summed E-state index contributed by atoms with van der Waals surface area (Å²) in [6.45, 7) is 0.329. The first-order valence-corrected chi connectivity index (χ1v) is 10.8. The quantitative estimate of drug-likeness (QED) is 0.664. The second-order valence-corrected chi connectivity index (χ2v) is 8.48. The summed E-state index contributed by atoms with van der Waals surface area (Å²) in [6.07, 6.45) is 1.53. The number of halogens is 2. The van der Waals surface area contributed by atoms with Crippen molar-refractivity contribution in [3.8, 4) is 5.75 Å². The Labute approximate surface area is 169 Å². The zero-order chi connectivity index (χ0) is 20.7. The van der Waals surface area contributed by atoms with Gasteiger partial charge in [-0.1, -0.05) is 23.7 Å². The van der Waals surface area contributed by atoms with Crippen LogP contribution in [0.1, 0.15) is 18.4 Å². The maximum absolute atomic E-state index is 13.1. The van der Waals surface area contributed by atoms with E-state index in [1.54, 1.807) is 24.3 Å². The second-order valence-electron chi connectivity index (χ2n) is 6.16. The van der Waals surface area contributed by atoms with Gasteiger partial charge in [0, 0.05) is 19.5 Å². The van der Waals surface area contributed by atoms with Gasteiger partial charge in [-0.3, -0.25) is 9.10 Å². The van der Waals surface area contributed by atoms with Crippen molar-refractivity contribution in [2.24, 2.45) is 0 Å². The highest BCUT2D eigenvalue weighted by molar-refractivity contribution is 7.92. The van der Waals surface area contributed by atoms with Gasteiger partial charge >= 0.3 is 0 Å². The summed E-state index contributed by atoms with van der Waals surface area (Å²) < 4.78 is 43.7. The molecule has 0 aliphatic heterocycles. The van der Waals surface area contributed by atoms with Crippen LogP contribution in [0.15, 0.2) is 42.5 Å². The molecule has 2 rings (SSSR count). The highest BCUT2D eigenvalue weighted by Crippen LogP contribution is 2.30. The van der Waals surface area contributed by atoms with E-state index in [1.165, 1.54) is 29.6 Å². The van der Waals surface area contributed by atoms with Gasteiger partial charge in [-0.25, -0.2) is 12.8 Å². The molecule has 0 fully saturated rings. The fraction of sp³-hybridized carbons (Fsp3) is 0.316. The Morgan fingerprint density at radius 1 is 1.25 bits per heavy atom. The highest BCUT2D eigenvalue weighted by Gasteiger charge is 2.19. The monoisotopic (exact) mass is 428 g/mol. The van der Waals surface area contributed by atoms with Gasteiger partial charge in [0.15, 0.2) is 0 Å². The maximum Gasteiger partial charge on any atom is 0.232 e. The van der Waals surface area contributed by atoms with E-state index in [9.17, 15) is 17.6 Å². The molecule has 0 spiro atoms. The lowest BCUT2D eigenvalue weighted by molar-refractivity contribution is -0.121. The largest absolute Gasteiger partial charge is 0.495 e. The molecule has 6 nitrogen and oxygen atoms in total. The molecule has 152 valence electrons. The Bertz CT molecular complexity index is 937. The molecule has 0 unspecified atom stereocenters. The first kappa shape index (κ1) is 22.0. The van der Waals surface area contributed by atoms with Gasteiger partial charge in [-0.2, -0.15) is 0 Å². The van der Waals surface area contributed by atoms with E-state index in [0.29, 0.717) is 28.4 Å². The van der Waals surface area contributed by atoms with Gasteiger partial charge < -0.3 is 10.1 Å². The molecule has 0 radical (unpaired) electrons.